The van der Waals surface area contributed by atoms with Gasteiger partial charge in [0, 0.05) is 12.6 Å². The number of aliphatic hydroxyl groups excluding tert-OH is 1. The zero-order chi connectivity index (χ0) is 19.6. The van der Waals surface area contributed by atoms with Crippen LogP contribution in [0.1, 0.15) is 15.9 Å². The van der Waals surface area contributed by atoms with Crippen molar-refractivity contribution in [3.8, 4) is 0 Å². The highest BCUT2D eigenvalue weighted by atomic mass is 32.1. The summed E-state index contributed by atoms with van der Waals surface area (Å²) >= 11 is 5.10. The van der Waals surface area contributed by atoms with Crippen molar-refractivity contribution in [2.75, 3.05) is 18.5 Å². The fraction of sp³-hybridized carbons (Fsp3) is 0.105. The van der Waals surface area contributed by atoms with Crippen LogP contribution < -0.4 is 16.0 Å². The Labute approximate surface area is 161 Å². The molecule has 6 nitrogen and oxygen atoms in total. The predicted octanol–water partition coefficient (Wildman–Crippen LogP) is 2.07. The number of benzene rings is 2. The molecule has 0 saturated heterocycles. The molecule has 0 spiro atoms. The molecule has 0 aromatic heterocycles. The Morgan fingerprint density at radius 2 is 1.81 bits per heavy atom. The van der Waals surface area contributed by atoms with Gasteiger partial charge in [-0.1, -0.05) is 24.3 Å². The highest BCUT2D eigenvalue weighted by Crippen LogP contribution is 2.14. The molecule has 0 unspecified atom stereocenters. The highest BCUT2D eigenvalue weighted by molar-refractivity contribution is 7.80. The zero-order valence-electron chi connectivity index (χ0n) is 14.2. The number of thiocarbonyl (C=S) groups is 1. The Morgan fingerprint density at radius 1 is 1.11 bits per heavy atom. The van der Waals surface area contributed by atoms with Crippen LogP contribution in [0.25, 0.3) is 6.08 Å². The average molecular weight is 387 g/mol. The first-order chi connectivity index (χ1) is 13.0. The Balaban J connectivity index is 1.96. The molecule has 0 fully saturated rings. The standard InChI is InChI=1S/C19H18FN3O3S/c20-14-8-5-13(6-9-14)7-10-17(25)23-19(27)22-16-4-2-1-3-15(16)18(26)21-11-12-24/h1-10,24H,11-12H2,(H,21,26)(H2,22,23,25,27)/b10-7+. The number of halogens is 1. The van der Waals surface area contributed by atoms with Gasteiger partial charge in [-0.25, -0.2) is 4.39 Å². The van der Waals surface area contributed by atoms with Crippen molar-refractivity contribution < 1.29 is 19.1 Å². The maximum absolute atomic E-state index is 12.9. The third-order valence-electron chi connectivity index (χ3n) is 3.35. The van der Waals surface area contributed by atoms with Crippen LogP contribution in [0.2, 0.25) is 0 Å². The average Bonchev–Trinajstić information content (AvgIpc) is 2.66. The fourth-order valence-corrected chi connectivity index (χ4v) is 2.32. The van der Waals surface area contributed by atoms with Gasteiger partial charge in [-0.3, -0.25) is 14.9 Å². The van der Waals surface area contributed by atoms with Gasteiger partial charge in [0.05, 0.1) is 17.9 Å². The number of carbonyl (C=O) groups is 2. The maximum Gasteiger partial charge on any atom is 0.253 e. The molecular weight excluding hydrogens is 369 g/mol. The minimum atomic E-state index is -0.473. The van der Waals surface area contributed by atoms with E-state index >= 15 is 0 Å². The van der Waals surface area contributed by atoms with E-state index in [4.69, 9.17) is 17.3 Å². The smallest absolute Gasteiger partial charge is 0.253 e. The van der Waals surface area contributed by atoms with E-state index in [-0.39, 0.29) is 30.0 Å². The van der Waals surface area contributed by atoms with Crippen LogP contribution in [-0.4, -0.2) is 35.2 Å². The molecule has 27 heavy (non-hydrogen) atoms. The van der Waals surface area contributed by atoms with Crippen LogP contribution >= 0.6 is 12.2 Å². The molecule has 0 aliphatic heterocycles. The van der Waals surface area contributed by atoms with Gasteiger partial charge in [0.2, 0.25) is 5.91 Å². The fourth-order valence-electron chi connectivity index (χ4n) is 2.11. The van der Waals surface area contributed by atoms with Crippen LogP contribution in [0.4, 0.5) is 10.1 Å². The van der Waals surface area contributed by atoms with Gasteiger partial charge in [0.15, 0.2) is 5.11 Å². The predicted molar refractivity (Wildman–Crippen MR) is 106 cm³/mol. The number of aliphatic hydroxyl groups is 1. The molecule has 2 amide bonds. The summed E-state index contributed by atoms with van der Waals surface area (Å²) in [6, 6.07) is 12.3. The molecule has 8 heteroatoms. The maximum atomic E-state index is 12.9. The first kappa shape index (κ1) is 20.2. The van der Waals surface area contributed by atoms with E-state index in [1.54, 1.807) is 24.3 Å². The number of hydrogen-bond acceptors (Lipinski definition) is 4. The second-order valence-electron chi connectivity index (χ2n) is 5.35. The van der Waals surface area contributed by atoms with E-state index in [9.17, 15) is 14.0 Å². The van der Waals surface area contributed by atoms with E-state index in [1.165, 1.54) is 36.4 Å². The Kier molecular flexibility index (Phi) is 7.60. The van der Waals surface area contributed by atoms with E-state index in [0.29, 0.717) is 16.8 Å². The summed E-state index contributed by atoms with van der Waals surface area (Å²) in [7, 11) is 0. The molecule has 4 N–H and O–H groups in total. The number of anilines is 1. The topological polar surface area (TPSA) is 90.5 Å². The number of nitrogens with one attached hydrogen (secondary N) is 3. The normalized spacial score (nSPS) is 10.4. The lowest BCUT2D eigenvalue weighted by Crippen LogP contribution is -2.34. The van der Waals surface area contributed by atoms with Gasteiger partial charge >= 0.3 is 0 Å². The molecule has 0 bridgehead atoms. The number of hydrogen-bond donors (Lipinski definition) is 4. The summed E-state index contributed by atoms with van der Waals surface area (Å²) in [6.07, 6.45) is 2.79. The van der Waals surface area contributed by atoms with Crippen LogP contribution in [-0.2, 0) is 4.79 Å². The molecule has 2 aromatic rings. The minimum Gasteiger partial charge on any atom is -0.395 e. The first-order valence-corrected chi connectivity index (χ1v) is 8.44. The van der Waals surface area contributed by atoms with Crippen molar-refractivity contribution in [3.63, 3.8) is 0 Å². The summed E-state index contributed by atoms with van der Waals surface area (Å²) in [5, 5.41) is 16.6. The Bertz CT molecular complexity index is 854. The second-order valence-corrected chi connectivity index (χ2v) is 5.76. The molecule has 2 rings (SSSR count). The lowest BCUT2D eigenvalue weighted by atomic mass is 10.1. The van der Waals surface area contributed by atoms with Crippen molar-refractivity contribution in [1.29, 1.82) is 0 Å². The van der Waals surface area contributed by atoms with Gasteiger partial charge in [-0.15, -0.1) is 0 Å². The lowest BCUT2D eigenvalue weighted by molar-refractivity contribution is -0.115. The molecule has 0 aliphatic rings. The number of para-hydroxylation sites is 1. The quantitative estimate of drug-likeness (QED) is 0.450. The Hall–Kier alpha value is -3.10. The summed E-state index contributed by atoms with van der Waals surface area (Å²) in [5.41, 5.74) is 1.40. The van der Waals surface area contributed by atoms with Crippen LogP contribution in [0, 0.1) is 5.82 Å². The van der Waals surface area contributed by atoms with Crippen molar-refractivity contribution in [3.05, 3.63) is 71.6 Å². The summed E-state index contributed by atoms with van der Waals surface area (Å²) in [4.78, 5) is 24.0. The minimum absolute atomic E-state index is 0.0196. The monoisotopic (exact) mass is 387 g/mol. The van der Waals surface area contributed by atoms with Gasteiger partial charge in [0.1, 0.15) is 5.82 Å². The summed E-state index contributed by atoms with van der Waals surface area (Å²) in [5.74, 6) is -1.21. The molecule has 0 saturated carbocycles. The van der Waals surface area contributed by atoms with Crippen LogP contribution in [0.5, 0.6) is 0 Å². The van der Waals surface area contributed by atoms with Crippen molar-refractivity contribution in [2.24, 2.45) is 0 Å². The number of rotatable bonds is 6. The van der Waals surface area contributed by atoms with E-state index in [1.807, 2.05) is 0 Å². The summed E-state index contributed by atoms with van der Waals surface area (Å²) in [6.45, 7) is -0.0429. The first-order valence-electron chi connectivity index (χ1n) is 8.03. The SMILES string of the molecule is O=C(/C=C/c1ccc(F)cc1)NC(=S)Nc1ccccc1C(=O)NCCO. The molecule has 0 heterocycles. The van der Waals surface area contributed by atoms with Crippen molar-refractivity contribution >= 4 is 40.9 Å². The van der Waals surface area contributed by atoms with E-state index < -0.39 is 5.91 Å². The summed E-state index contributed by atoms with van der Waals surface area (Å²) < 4.78 is 12.9. The number of carbonyl (C=O) groups excluding carboxylic acids is 2. The lowest BCUT2D eigenvalue weighted by Gasteiger charge is -2.12. The van der Waals surface area contributed by atoms with Crippen LogP contribution in [0.15, 0.2) is 54.6 Å². The van der Waals surface area contributed by atoms with E-state index in [0.717, 1.165) is 0 Å². The zero-order valence-corrected chi connectivity index (χ0v) is 15.1. The molecule has 0 radical (unpaired) electrons. The molecule has 0 aliphatic carbocycles. The Morgan fingerprint density at radius 3 is 2.52 bits per heavy atom. The third-order valence-corrected chi connectivity index (χ3v) is 3.56. The molecule has 0 atom stereocenters. The van der Waals surface area contributed by atoms with Gasteiger partial charge in [-0.2, -0.15) is 0 Å². The van der Waals surface area contributed by atoms with Crippen molar-refractivity contribution in [1.82, 2.24) is 10.6 Å². The highest BCUT2D eigenvalue weighted by Gasteiger charge is 2.11. The molecule has 2 aromatic carbocycles. The van der Waals surface area contributed by atoms with Gasteiger partial charge < -0.3 is 15.7 Å². The number of amides is 2. The van der Waals surface area contributed by atoms with Gasteiger partial charge in [-0.05, 0) is 48.1 Å². The van der Waals surface area contributed by atoms with Crippen LogP contribution in [0.3, 0.4) is 0 Å². The molecular formula is C19H18FN3O3S. The third kappa shape index (κ3) is 6.61. The van der Waals surface area contributed by atoms with Gasteiger partial charge in [0.25, 0.3) is 5.91 Å². The second kappa shape index (κ2) is 10.1. The largest absolute Gasteiger partial charge is 0.395 e. The van der Waals surface area contributed by atoms with E-state index in [2.05, 4.69) is 16.0 Å². The van der Waals surface area contributed by atoms with Crippen molar-refractivity contribution in [2.45, 2.75) is 0 Å². The molecule has 140 valence electrons.